The van der Waals surface area contributed by atoms with Crippen LogP contribution in [0.2, 0.25) is 0 Å². The predicted molar refractivity (Wildman–Crippen MR) is 198 cm³/mol. The molecule has 3 N–H and O–H groups in total. The Labute approximate surface area is 286 Å². The van der Waals surface area contributed by atoms with Gasteiger partial charge < -0.3 is 10.4 Å². The molecule has 0 aromatic carbocycles. The third kappa shape index (κ3) is 34.4. The summed E-state index contributed by atoms with van der Waals surface area (Å²) in [5.41, 5.74) is 0. The Morgan fingerprint density at radius 3 is 1.24 bits per heavy atom. The molecule has 0 aliphatic carbocycles. The number of allylic oxidation sites excluding steroid dienone is 1. The average molecular weight is 672 g/mol. The molecule has 0 aromatic heterocycles. The zero-order valence-corrected chi connectivity index (χ0v) is 31.3. The molecule has 0 rings (SSSR count). The summed E-state index contributed by atoms with van der Waals surface area (Å²) in [6, 6.07) is -1.05. The molecule has 0 aliphatic heterocycles. The first-order valence-electron chi connectivity index (χ1n) is 19.9. The Morgan fingerprint density at radius 2 is 0.891 bits per heavy atom. The molecule has 7 heteroatoms. The molecule has 2 atom stereocenters. The first-order valence-corrected chi connectivity index (χ1v) is 21.5. The van der Waals surface area contributed by atoms with E-state index in [4.69, 9.17) is 0 Å². The maximum absolute atomic E-state index is 12.5. The maximum atomic E-state index is 12.5. The van der Waals surface area contributed by atoms with Gasteiger partial charge in [0.1, 0.15) is 0 Å². The van der Waals surface area contributed by atoms with Crippen molar-refractivity contribution >= 4 is 16.0 Å². The molecule has 0 aromatic rings. The van der Waals surface area contributed by atoms with Crippen LogP contribution in [-0.2, 0) is 14.9 Å². The second-order valence-electron chi connectivity index (χ2n) is 13.9. The number of aliphatic hydroxyl groups excluding tert-OH is 1. The molecule has 0 saturated carbocycles. The summed E-state index contributed by atoms with van der Waals surface area (Å²) in [6.45, 7) is 4.52. The highest BCUT2D eigenvalue weighted by molar-refractivity contribution is 7.85. The molecule has 46 heavy (non-hydrogen) atoms. The summed E-state index contributed by atoms with van der Waals surface area (Å²) >= 11 is 0. The predicted octanol–water partition coefficient (Wildman–Crippen LogP) is 11.4. The summed E-state index contributed by atoms with van der Waals surface area (Å²) in [5, 5.41) is 13.2. The molecule has 0 aliphatic rings. The zero-order chi connectivity index (χ0) is 34.0. The molecule has 0 radical (unpaired) electrons. The van der Waals surface area contributed by atoms with Gasteiger partial charge in [-0.15, -0.1) is 0 Å². The van der Waals surface area contributed by atoms with Gasteiger partial charge in [-0.1, -0.05) is 199 Å². The van der Waals surface area contributed by atoms with E-state index in [-0.39, 0.29) is 5.91 Å². The fraction of sp³-hybridized carbons (Fsp3) is 0.923. The molecule has 2 unspecified atom stereocenters. The van der Waals surface area contributed by atoms with E-state index in [9.17, 15) is 22.9 Å². The van der Waals surface area contributed by atoms with E-state index in [0.717, 1.165) is 38.5 Å². The van der Waals surface area contributed by atoms with Crippen molar-refractivity contribution in [3.05, 3.63) is 12.2 Å². The maximum Gasteiger partial charge on any atom is 0.267 e. The summed E-state index contributed by atoms with van der Waals surface area (Å²) in [5.74, 6) is -0.969. The number of carbonyl (C=O) groups is 1. The molecule has 0 heterocycles. The summed E-state index contributed by atoms with van der Waals surface area (Å²) in [7, 11) is -4.33. The second-order valence-corrected chi connectivity index (χ2v) is 15.4. The highest BCUT2D eigenvalue weighted by Crippen LogP contribution is 2.15. The molecule has 0 spiro atoms. The molecular weight excluding hydrogens is 594 g/mol. The van der Waals surface area contributed by atoms with E-state index in [0.29, 0.717) is 6.42 Å². The lowest BCUT2D eigenvalue weighted by Gasteiger charge is -2.21. The minimum atomic E-state index is -4.33. The van der Waals surface area contributed by atoms with Crippen molar-refractivity contribution < 1.29 is 22.9 Å². The van der Waals surface area contributed by atoms with Crippen LogP contribution < -0.4 is 5.32 Å². The van der Waals surface area contributed by atoms with Crippen LogP contribution in [0.5, 0.6) is 0 Å². The number of amides is 1. The van der Waals surface area contributed by atoms with Gasteiger partial charge >= 0.3 is 0 Å². The summed E-state index contributed by atoms with van der Waals surface area (Å²) in [6.07, 6.45) is 40.5. The van der Waals surface area contributed by atoms with E-state index in [1.165, 1.54) is 154 Å². The Balaban J connectivity index is 3.90. The van der Waals surface area contributed by atoms with E-state index < -0.39 is 28.0 Å². The molecule has 0 bridgehead atoms. The van der Waals surface area contributed by atoms with Crippen LogP contribution in [-0.4, -0.2) is 41.9 Å². The quantitative estimate of drug-likeness (QED) is 0.0349. The first kappa shape index (κ1) is 45.1. The SMILES string of the molecule is CCCCCCCCCCCCCCCCCC/C=C/C(O)C(CS(=O)(=O)O)NC(=O)CCCCCCCCCCCCCCC. The van der Waals surface area contributed by atoms with Gasteiger partial charge in [-0.25, -0.2) is 0 Å². The molecule has 274 valence electrons. The number of hydrogen-bond acceptors (Lipinski definition) is 4. The van der Waals surface area contributed by atoms with Crippen molar-refractivity contribution in [2.75, 3.05) is 5.75 Å². The minimum Gasteiger partial charge on any atom is -0.387 e. The number of hydrogen-bond donors (Lipinski definition) is 3. The minimum absolute atomic E-state index is 0.276. The van der Waals surface area contributed by atoms with Crippen molar-refractivity contribution in [3.8, 4) is 0 Å². The highest BCUT2D eigenvalue weighted by atomic mass is 32.2. The van der Waals surface area contributed by atoms with E-state index in [1.54, 1.807) is 6.08 Å². The second kappa shape index (κ2) is 34.0. The smallest absolute Gasteiger partial charge is 0.267 e. The lowest BCUT2D eigenvalue weighted by molar-refractivity contribution is -0.122. The zero-order valence-electron chi connectivity index (χ0n) is 30.5. The van der Waals surface area contributed by atoms with Crippen molar-refractivity contribution in [1.29, 1.82) is 0 Å². The van der Waals surface area contributed by atoms with E-state index in [1.807, 2.05) is 6.08 Å². The number of rotatable bonds is 36. The molecule has 1 amide bonds. The van der Waals surface area contributed by atoms with E-state index >= 15 is 0 Å². The lowest BCUT2D eigenvalue weighted by atomic mass is 10.0. The fourth-order valence-corrected chi connectivity index (χ4v) is 6.95. The van der Waals surface area contributed by atoms with Gasteiger partial charge in [0.2, 0.25) is 5.91 Å². The van der Waals surface area contributed by atoms with Crippen molar-refractivity contribution in [2.45, 2.75) is 225 Å². The van der Waals surface area contributed by atoms with Gasteiger partial charge in [0, 0.05) is 6.42 Å². The first-order chi connectivity index (χ1) is 22.3. The van der Waals surface area contributed by atoms with Crippen LogP contribution in [0.4, 0.5) is 0 Å². The highest BCUT2D eigenvalue weighted by Gasteiger charge is 2.24. The Kier molecular flexibility index (Phi) is 33.3. The van der Waals surface area contributed by atoms with Crippen molar-refractivity contribution in [3.63, 3.8) is 0 Å². The van der Waals surface area contributed by atoms with Crippen LogP contribution in [0.3, 0.4) is 0 Å². The van der Waals surface area contributed by atoms with E-state index in [2.05, 4.69) is 19.2 Å². The van der Waals surface area contributed by atoms with Gasteiger partial charge in [0.15, 0.2) is 0 Å². The average Bonchev–Trinajstić information content (AvgIpc) is 3.01. The molecule has 0 saturated heterocycles. The van der Waals surface area contributed by atoms with Gasteiger partial charge in [-0.2, -0.15) is 8.42 Å². The van der Waals surface area contributed by atoms with Crippen LogP contribution in [0.15, 0.2) is 12.2 Å². The number of carbonyl (C=O) groups excluding carboxylic acids is 1. The third-order valence-corrected chi connectivity index (χ3v) is 9.99. The van der Waals surface area contributed by atoms with Crippen LogP contribution in [0, 0.1) is 0 Å². The van der Waals surface area contributed by atoms with Gasteiger partial charge in [0.25, 0.3) is 10.1 Å². The Morgan fingerprint density at radius 1 is 0.565 bits per heavy atom. The Hall–Kier alpha value is -0.920. The van der Waals surface area contributed by atoms with Crippen LogP contribution in [0.1, 0.15) is 213 Å². The van der Waals surface area contributed by atoms with Crippen molar-refractivity contribution in [2.24, 2.45) is 0 Å². The number of nitrogens with one attached hydrogen (secondary N) is 1. The van der Waals surface area contributed by atoms with Crippen LogP contribution >= 0.6 is 0 Å². The topological polar surface area (TPSA) is 104 Å². The van der Waals surface area contributed by atoms with Crippen molar-refractivity contribution in [1.82, 2.24) is 5.32 Å². The number of unbranched alkanes of at least 4 members (excludes halogenated alkanes) is 28. The monoisotopic (exact) mass is 672 g/mol. The largest absolute Gasteiger partial charge is 0.387 e. The molecular formula is C39H77NO5S. The normalized spacial score (nSPS) is 13.4. The lowest BCUT2D eigenvalue weighted by Crippen LogP contribution is -2.46. The molecule has 0 fully saturated rings. The fourth-order valence-electron chi connectivity index (χ4n) is 6.21. The van der Waals surface area contributed by atoms with Gasteiger partial charge in [0.05, 0.1) is 17.9 Å². The number of aliphatic hydroxyl groups is 1. The molecule has 6 nitrogen and oxygen atoms in total. The van der Waals surface area contributed by atoms with Gasteiger partial charge in [-0.05, 0) is 19.3 Å². The van der Waals surface area contributed by atoms with Crippen LogP contribution in [0.25, 0.3) is 0 Å². The summed E-state index contributed by atoms with van der Waals surface area (Å²) < 4.78 is 32.4. The third-order valence-electron chi connectivity index (χ3n) is 9.21. The van der Waals surface area contributed by atoms with Gasteiger partial charge in [-0.3, -0.25) is 9.35 Å². The standard InChI is InChI=1S/C39H77NO5S/c1-3-5-7-9-11-13-15-17-18-19-20-21-23-24-26-28-30-32-34-38(41)37(36-46(43,44)45)40-39(42)35-33-31-29-27-25-22-16-14-12-10-8-6-4-2/h32,34,37-38,41H,3-31,33,35-36H2,1-2H3,(H,40,42)(H,43,44,45)/b34-32+. The summed E-state index contributed by atoms with van der Waals surface area (Å²) in [4.78, 5) is 12.5. The Bertz CT molecular complexity index is 785.